The highest BCUT2D eigenvalue weighted by Gasteiger charge is 2.25. The summed E-state index contributed by atoms with van der Waals surface area (Å²) in [5.74, 6) is -3.13. The van der Waals surface area contributed by atoms with Gasteiger partial charge in [-0.3, -0.25) is 14.4 Å². The van der Waals surface area contributed by atoms with Gasteiger partial charge in [-0.25, -0.2) is 9.18 Å². The number of primary amides is 1. The van der Waals surface area contributed by atoms with Crippen molar-refractivity contribution in [2.75, 3.05) is 6.61 Å². The fourth-order valence-corrected chi connectivity index (χ4v) is 2.35. The molecular weight excluding hydrogens is 369 g/mol. The molecule has 0 radical (unpaired) electrons. The van der Waals surface area contributed by atoms with Crippen LogP contribution in [0.4, 0.5) is 4.39 Å². The maximum Gasteiger partial charge on any atom is 0.330 e. The van der Waals surface area contributed by atoms with Crippen LogP contribution in [-0.2, 0) is 30.3 Å². The third kappa shape index (κ3) is 7.98. The van der Waals surface area contributed by atoms with E-state index in [0.29, 0.717) is 0 Å². The van der Waals surface area contributed by atoms with Crippen molar-refractivity contribution in [2.45, 2.75) is 38.8 Å². The van der Waals surface area contributed by atoms with E-state index in [1.54, 1.807) is 13.0 Å². The molecule has 0 bridgehead atoms. The summed E-state index contributed by atoms with van der Waals surface area (Å²) in [6, 6.07) is 3.62. The molecule has 0 aliphatic heterocycles. The molecule has 3 amide bonds. The number of hydrogen-bond acceptors (Lipinski definition) is 5. The van der Waals surface area contributed by atoms with E-state index in [9.17, 15) is 23.6 Å². The number of rotatable bonds is 10. The van der Waals surface area contributed by atoms with Crippen LogP contribution in [0.2, 0.25) is 0 Å². The molecule has 2 atom stereocenters. The average molecular weight is 393 g/mol. The van der Waals surface area contributed by atoms with E-state index in [-0.39, 0.29) is 25.0 Å². The average Bonchev–Trinajstić information content (AvgIpc) is 2.61. The van der Waals surface area contributed by atoms with Crippen molar-refractivity contribution in [3.8, 4) is 0 Å². The van der Waals surface area contributed by atoms with Crippen molar-refractivity contribution in [2.24, 2.45) is 5.73 Å². The Balaban J connectivity index is 2.84. The van der Waals surface area contributed by atoms with Crippen LogP contribution in [0.15, 0.2) is 36.4 Å². The first kappa shape index (κ1) is 22.8. The Labute approximate surface area is 162 Å². The number of hydrogen-bond donors (Lipinski definition) is 3. The van der Waals surface area contributed by atoms with Gasteiger partial charge in [0.05, 0.1) is 6.61 Å². The van der Waals surface area contributed by atoms with Gasteiger partial charge in [0, 0.05) is 19.4 Å². The molecule has 1 aromatic rings. The predicted molar refractivity (Wildman–Crippen MR) is 99.2 cm³/mol. The van der Waals surface area contributed by atoms with Gasteiger partial charge in [-0.1, -0.05) is 24.3 Å². The molecule has 8 nitrogen and oxygen atoms in total. The zero-order valence-electron chi connectivity index (χ0n) is 15.7. The minimum atomic E-state index is -1.12. The van der Waals surface area contributed by atoms with E-state index in [0.717, 1.165) is 6.08 Å². The van der Waals surface area contributed by atoms with Gasteiger partial charge >= 0.3 is 5.97 Å². The number of nitrogens with two attached hydrogens (primary N) is 1. The number of ether oxygens (including phenoxy) is 1. The summed E-state index contributed by atoms with van der Waals surface area (Å²) in [6.07, 6.45) is 2.31. The number of esters is 1. The molecule has 0 aliphatic carbocycles. The van der Waals surface area contributed by atoms with Gasteiger partial charge in [-0.05, 0) is 25.0 Å². The van der Waals surface area contributed by atoms with Crippen molar-refractivity contribution < 1.29 is 28.3 Å². The van der Waals surface area contributed by atoms with Gasteiger partial charge < -0.3 is 21.1 Å². The summed E-state index contributed by atoms with van der Waals surface area (Å²) in [6.45, 7) is 3.07. The van der Waals surface area contributed by atoms with Crippen molar-refractivity contribution in [1.82, 2.24) is 10.6 Å². The highest BCUT2D eigenvalue weighted by atomic mass is 19.1. The van der Waals surface area contributed by atoms with Crippen LogP contribution in [0.3, 0.4) is 0 Å². The van der Waals surface area contributed by atoms with Crippen LogP contribution >= 0.6 is 0 Å². The largest absolute Gasteiger partial charge is 0.463 e. The normalized spacial score (nSPS) is 12.8. The number of halogens is 1. The summed E-state index contributed by atoms with van der Waals surface area (Å²) in [5.41, 5.74) is 5.52. The van der Waals surface area contributed by atoms with E-state index < -0.39 is 41.6 Å². The summed E-state index contributed by atoms with van der Waals surface area (Å²) in [4.78, 5) is 46.8. The highest BCUT2D eigenvalue weighted by molar-refractivity contribution is 5.91. The van der Waals surface area contributed by atoms with E-state index in [4.69, 9.17) is 10.5 Å². The van der Waals surface area contributed by atoms with Gasteiger partial charge in [0.15, 0.2) is 0 Å². The van der Waals surface area contributed by atoms with Crippen LogP contribution in [-0.4, -0.2) is 42.4 Å². The Morgan fingerprint density at radius 1 is 1.18 bits per heavy atom. The van der Waals surface area contributed by atoms with Gasteiger partial charge in [-0.15, -0.1) is 0 Å². The monoisotopic (exact) mass is 393 g/mol. The first-order chi connectivity index (χ1) is 13.2. The second kappa shape index (κ2) is 11.5. The van der Waals surface area contributed by atoms with E-state index in [2.05, 4.69) is 10.6 Å². The van der Waals surface area contributed by atoms with E-state index >= 15 is 0 Å². The van der Waals surface area contributed by atoms with Crippen LogP contribution in [0.1, 0.15) is 25.8 Å². The SMILES string of the molecule is CCOC(=O)/C=C/C[C@H](NC(=O)[C@@H](Cc1ccccc1F)NC(C)=O)C(N)=O. The second-order valence-corrected chi connectivity index (χ2v) is 5.90. The van der Waals surface area contributed by atoms with Crippen molar-refractivity contribution in [1.29, 1.82) is 0 Å². The summed E-state index contributed by atoms with van der Waals surface area (Å²) in [5, 5.41) is 4.84. The van der Waals surface area contributed by atoms with Gasteiger partial charge in [0.2, 0.25) is 17.7 Å². The number of carbonyl (C=O) groups excluding carboxylic acids is 4. The Kier molecular flexibility index (Phi) is 9.35. The number of nitrogens with one attached hydrogen (secondary N) is 2. The predicted octanol–water partition coefficient (Wildman–Crippen LogP) is 0.352. The molecule has 0 aliphatic rings. The fourth-order valence-electron chi connectivity index (χ4n) is 2.35. The first-order valence-corrected chi connectivity index (χ1v) is 8.68. The minimum absolute atomic E-state index is 0.0492. The van der Waals surface area contributed by atoms with Crippen molar-refractivity contribution in [3.63, 3.8) is 0 Å². The molecule has 152 valence electrons. The lowest BCUT2D eigenvalue weighted by Gasteiger charge is -2.21. The smallest absolute Gasteiger partial charge is 0.330 e. The molecule has 0 saturated carbocycles. The third-order valence-electron chi connectivity index (χ3n) is 3.65. The minimum Gasteiger partial charge on any atom is -0.463 e. The molecule has 28 heavy (non-hydrogen) atoms. The van der Waals surface area contributed by atoms with Gasteiger partial charge in [0.25, 0.3) is 0 Å². The molecule has 0 fully saturated rings. The maximum atomic E-state index is 13.9. The van der Waals surface area contributed by atoms with E-state index in [1.807, 2.05) is 0 Å². The summed E-state index contributed by atoms with van der Waals surface area (Å²) >= 11 is 0. The van der Waals surface area contributed by atoms with Crippen molar-refractivity contribution in [3.05, 3.63) is 47.8 Å². The van der Waals surface area contributed by atoms with E-state index in [1.165, 1.54) is 31.2 Å². The quantitative estimate of drug-likeness (QED) is 0.390. The molecule has 0 unspecified atom stereocenters. The molecule has 4 N–H and O–H groups in total. The molecule has 1 rings (SSSR count). The van der Waals surface area contributed by atoms with Crippen LogP contribution in [0.5, 0.6) is 0 Å². The lowest BCUT2D eigenvalue weighted by Crippen LogP contribution is -2.53. The number of carbonyl (C=O) groups is 4. The molecule has 9 heteroatoms. The molecule has 0 spiro atoms. The molecule has 1 aromatic carbocycles. The van der Waals surface area contributed by atoms with Crippen molar-refractivity contribution >= 4 is 23.7 Å². The molecule has 0 heterocycles. The lowest BCUT2D eigenvalue weighted by atomic mass is 10.0. The summed E-state index contributed by atoms with van der Waals surface area (Å²) in [7, 11) is 0. The first-order valence-electron chi connectivity index (χ1n) is 8.68. The Morgan fingerprint density at radius 2 is 1.86 bits per heavy atom. The van der Waals surface area contributed by atoms with Crippen LogP contribution < -0.4 is 16.4 Å². The third-order valence-corrected chi connectivity index (χ3v) is 3.65. The standard InChI is InChI=1S/C19H24FN3O5/c1-3-28-17(25)10-6-9-15(18(21)26)23-19(27)16(22-12(2)24)11-13-7-4-5-8-14(13)20/h4-8,10,15-16H,3,9,11H2,1-2H3,(H2,21,26)(H,22,24)(H,23,27)/b10-6+/t15-,16+/m0/s1. The Bertz CT molecular complexity index is 751. The van der Waals surface area contributed by atoms with Crippen LogP contribution in [0.25, 0.3) is 0 Å². The highest BCUT2D eigenvalue weighted by Crippen LogP contribution is 2.10. The zero-order chi connectivity index (χ0) is 21.1. The van der Waals surface area contributed by atoms with Gasteiger partial charge in [-0.2, -0.15) is 0 Å². The van der Waals surface area contributed by atoms with Gasteiger partial charge in [0.1, 0.15) is 17.9 Å². The maximum absolute atomic E-state index is 13.9. The lowest BCUT2D eigenvalue weighted by molar-refractivity contribution is -0.137. The topological polar surface area (TPSA) is 128 Å². The van der Waals surface area contributed by atoms with Crippen LogP contribution in [0, 0.1) is 5.82 Å². The summed E-state index contributed by atoms with van der Waals surface area (Å²) < 4.78 is 18.6. The Hall–Kier alpha value is -3.23. The number of benzene rings is 1. The Morgan fingerprint density at radius 3 is 2.43 bits per heavy atom. The fraction of sp³-hybridized carbons (Fsp3) is 0.368. The molecule has 0 saturated heterocycles. The zero-order valence-corrected chi connectivity index (χ0v) is 15.7. The number of amides is 3. The molecule has 0 aromatic heterocycles. The second-order valence-electron chi connectivity index (χ2n) is 5.90. The molecular formula is C19H24FN3O5.